The number of benzene rings is 1. The third kappa shape index (κ3) is 2.89. The molecule has 0 aromatic heterocycles. The normalized spacial score (nSPS) is 22.9. The summed E-state index contributed by atoms with van der Waals surface area (Å²) in [6.45, 7) is 6.90. The monoisotopic (exact) mass is 231 g/mol. The number of methoxy groups -OCH3 is 1. The van der Waals surface area contributed by atoms with Crippen molar-refractivity contribution in [3.05, 3.63) is 42.0 Å². The molecule has 2 heteroatoms. The quantitative estimate of drug-likeness (QED) is 0.786. The van der Waals surface area contributed by atoms with Crippen LogP contribution in [0.3, 0.4) is 0 Å². The second-order valence-electron chi connectivity index (χ2n) is 4.95. The number of ether oxygens (including phenoxy) is 1. The van der Waals surface area contributed by atoms with E-state index in [0.29, 0.717) is 12.0 Å². The van der Waals surface area contributed by atoms with Gasteiger partial charge in [-0.2, -0.15) is 0 Å². The first-order valence-corrected chi connectivity index (χ1v) is 6.21. The second-order valence-corrected chi connectivity index (χ2v) is 4.95. The van der Waals surface area contributed by atoms with E-state index in [2.05, 4.69) is 31.0 Å². The van der Waals surface area contributed by atoms with Crippen molar-refractivity contribution in [2.75, 3.05) is 13.7 Å². The fourth-order valence-corrected chi connectivity index (χ4v) is 2.36. The molecular formula is C15H21NO. The van der Waals surface area contributed by atoms with Crippen molar-refractivity contribution >= 4 is 0 Å². The van der Waals surface area contributed by atoms with Crippen LogP contribution in [0.25, 0.3) is 0 Å². The van der Waals surface area contributed by atoms with Gasteiger partial charge in [-0.05, 0) is 37.3 Å². The predicted octanol–water partition coefficient (Wildman–Crippen LogP) is 3.11. The molecule has 0 saturated heterocycles. The fraction of sp³-hybridized carbons (Fsp3) is 0.467. The number of nitrogens with one attached hydrogen (secondary N) is 1. The number of para-hydroxylation sites is 1. The van der Waals surface area contributed by atoms with Gasteiger partial charge in [0.1, 0.15) is 5.75 Å². The summed E-state index contributed by atoms with van der Waals surface area (Å²) in [6, 6.07) is 8.98. The lowest BCUT2D eigenvalue weighted by Crippen LogP contribution is -2.40. The molecule has 1 N–H and O–H groups in total. The summed E-state index contributed by atoms with van der Waals surface area (Å²) in [4.78, 5) is 0. The highest BCUT2D eigenvalue weighted by Crippen LogP contribution is 2.40. The summed E-state index contributed by atoms with van der Waals surface area (Å²) in [6.07, 6.45) is 2.40. The van der Waals surface area contributed by atoms with Gasteiger partial charge in [0.15, 0.2) is 0 Å². The zero-order chi connectivity index (χ0) is 12.3. The largest absolute Gasteiger partial charge is 0.496 e. The van der Waals surface area contributed by atoms with Crippen LogP contribution in [0.2, 0.25) is 0 Å². The molecule has 0 aliphatic heterocycles. The third-order valence-corrected chi connectivity index (χ3v) is 3.41. The van der Waals surface area contributed by atoms with Crippen molar-refractivity contribution in [2.24, 2.45) is 0 Å². The van der Waals surface area contributed by atoms with Crippen molar-refractivity contribution in [1.82, 2.24) is 5.32 Å². The smallest absolute Gasteiger partial charge is 0.122 e. The molecule has 0 heterocycles. The molecule has 1 aliphatic rings. The maximum atomic E-state index is 5.40. The van der Waals surface area contributed by atoms with Crippen molar-refractivity contribution < 1.29 is 4.74 Å². The first-order chi connectivity index (χ1) is 8.20. The number of rotatable bonds is 5. The van der Waals surface area contributed by atoms with Crippen molar-refractivity contribution in [1.29, 1.82) is 0 Å². The van der Waals surface area contributed by atoms with E-state index >= 15 is 0 Å². The van der Waals surface area contributed by atoms with Gasteiger partial charge < -0.3 is 10.1 Å². The Morgan fingerprint density at radius 3 is 2.76 bits per heavy atom. The van der Waals surface area contributed by atoms with Crippen LogP contribution in [0.5, 0.6) is 5.75 Å². The van der Waals surface area contributed by atoms with E-state index in [4.69, 9.17) is 4.74 Å². The van der Waals surface area contributed by atoms with Crippen LogP contribution < -0.4 is 10.1 Å². The van der Waals surface area contributed by atoms with Crippen LogP contribution in [-0.2, 0) is 0 Å². The van der Waals surface area contributed by atoms with Crippen molar-refractivity contribution in [2.45, 2.75) is 31.7 Å². The van der Waals surface area contributed by atoms with E-state index < -0.39 is 0 Å². The highest BCUT2D eigenvalue weighted by Gasteiger charge is 2.31. The minimum atomic E-state index is 0.640. The Morgan fingerprint density at radius 2 is 2.12 bits per heavy atom. The van der Waals surface area contributed by atoms with Gasteiger partial charge >= 0.3 is 0 Å². The molecule has 0 spiro atoms. The molecule has 0 unspecified atom stereocenters. The fourth-order valence-electron chi connectivity index (χ4n) is 2.36. The van der Waals surface area contributed by atoms with Gasteiger partial charge in [0, 0.05) is 12.6 Å². The first kappa shape index (κ1) is 12.2. The van der Waals surface area contributed by atoms with E-state index in [1.807, 2.05) is 12.1 Å². The molecule has 92 valence electrons. The van der Waals surface area contributed by atoms with E-state index in [0.717, 1.165) is 12.3 Å². The zero-order valence-corrected chi connectivity index (χ0v) is 10.7. The average molecular weight is 231 g/mol. The zero-order valence-electron chi connectivity index (χ0n) is 10.7. The Balaban J connectivity index is 1.88. The Labute approximate surface area is 104 Å². The molecule has 1 aromatic rings. The Bertz CT molecular complexity index is 394. The predicted molar refractivity (Wildman–Crippen MR) is 71.6 cm³/mol. The summed E-state index contributed by atoms with van der Waals surface area (Å²) < 4.78 is 5.40. The van der Waals surface area contributed by atoms with Gasteiger partial charge in [-0.15, -0.1) is 0 Å². The standard InChI is InChI=1S/C15H21NO/c1-11(2)10-16-13-8-12(9-13)14-6-4-5-7-15(14)17-3/h4-7,12-13,16H,1,8-10H2,2-3H3. The van der Waals surface area contributed by atoms with Crippen molar-refractivity contribution in [3.8, 4) is 5.75 Å². The molecule has 0 amide bonds. The Kier molecular flexibility index (Phi) is 3.85. The van der Waals surface area contributed by atoms with E-state index in [9.17, 15) is 0 Å². The average Bonchev–Trinajstić information content (AvgIpc) is 2.27. The summed E-state index contributed by atoms with van der Waals surface area (Å²) in [5, 5.41) is 3.52. The maximum absolute atomic E-state index is 5.40. The second kappa shape index (κ2) is 5.37. The highest BCUT2D eigenvalue weighted by molar-refractivity contribution is 5.37. The lowest BCUT2D eigenvalue weighted by atomic mass is 9.75. The van der Waals surface area contributed by atoms with E-state index in [1.54, 1.807) is 7.11 Å². The summed E-state index contributed by atoms with van der Waals surface area (Å²) in [7, 11) is 1.74. The van der Waals surface area contributed by atoms with Crippen LogP contribution in [0, 0.1) is 0 Å². The molecule has 1 saturated carbocycles. The van der Waals surface area contributed by atoms with Gasteiger partial charge in [-0.3, -0.25) is 0 Å². The molecule has 17 heavy (non-hydrogen) atoms. The van der Waals surface area contributed by atoms with E-state index in [-0.39, 0.29) is 0 Å². The lowest BCUT2D eigenvalue weighted by molar-refractivity contribution is 0.289. The molecule has 1 fully saturated rings. The molecule has 1 aliphatic carbocycles. The Morgan fingerprint density at radius 1 is 1.41 bits per heavy atom. The minimum absolute atomic E-state index is 0.640. The van der Waals surface area contributed by atoms with E-state index in [1.165, 1.54) is 24.0 Å². The van der Waals surface area contributed by atoms with Gasteiger partial charge in [-0.25, -0.2) is 0 Å². The van der Waals surface area contributed by atoms with Crippen molar-refractivity contribution in [3.63, 3.8) is 0 Å². The van der Waals surface area contributed by atoms with Crippen LogP contribution in [0.15, 0.2) is 36.4 Å². The highest BCUT2D eigenvalue weighted by atomic mass is 16.5. The molecule has 0 radical (unpaired) electrons. The summed E-state index contributed by atoms with van der Waals surface area (Å²) in [5.41, 5.74) is 2.55. The third-order valence-electron chi connectivity index (χ3n) is 3.41. The van der Waals surface area contributed by atoms with Crippen LogP contribution in [0.1, 0.15) is 31.2 Å². The van der Waals surface area contributed by atoms with Gasteiger partial charge in [0.2, 0.25) is 0 Å². The van der Waals surface area contributed by atoms with Crippen LogP contribution in [-0.4, -0.2) is 19.7 Å². The summed E-state index contributed by atoms with van der Waals surface area (Å²) >= 11 is 0. The van der Waals surface area contributed by atoms with Gasteiger partial charge in [0.05, 0.1) is 7.11 Å². The molecule has 1 aromatic carbocycles. The SMILES string of the molecule is C=C(C)CNC1CC(c2ccccc2OC)C1. The van der Waals surface area contributed by atoms with Gasteiger partial charge in [-0.1, -0.05) is 30.4 Å². The topological polar surface area (TPSA) is 21.3 Å². The molecule has 2 rings (SSSR count). The lowest BCUT2D eigenvalue weighted by Gasteiger charge is -2.37. The maximum Gasteiger partial charge on any atom is 0.122 e. The number of hydrogen-bond acceptors (Lipinski definition) is 2. The molecule has 2 nitrogen and oxygen atoms in total. The molecule has 0 bridgehead atoms. The van der Waals surface area contributed by atoms with Gasteiger partial charge in [0.25, 0.3) is 0 Å². The van der Waals surface area contributed by atoms with Crippen LogP contribution in [0.4, 0.5) is 0 Å². The minimum Gasteiger partial charge on any atom is -0.496 e. The Hall–Kier alpha value is -1.28. The molecular weight excluding hydrogens is 210 g/mol. The summed E-state index contributed by atoms with van der Waals surface area (Å²) in [5.74, 6) is 1.67. The van der Waals surface area contributed by atoms with Crippen LogP contribution >= 0.6 is 0 Å². The molecule has 0 atom stereocenters. The first-order valence-electron chi connectivity index (χ1n) is 6.21. The number of hydrogen-bond donors (Lipinski definition) is 1.